The predicted octanol–water partition coefficient (Wildman–Crippen LogP) is 3.65. The van der Waals surface area contributed by atoms with Crippen LogP contribution in [-0.4, -0.2) is 27.5 Å². The normalized spacial score (nSPS) is 15.7. The Balaban J connectivity index is 1.58. The van der Waals surface area contributed by atoms with Crippen molar-refractivity contribution < 1.29 is 17.9 Å². The number of aryl methyl sites for hydroxylation is 1. The Morgan fingerprint density at radius 1 is 1.10 bits per heavy atom. The second-order valence-corrected chi connectivity index (χ2v) is 9.53. The molecule has 1 aliphatic rings. The summed E-state index contributed by atoms with van der Waals surface area (Å²) in [6.07, 6.45) is 4.03. The molecule has 0 spiro atoms. The predicted molar refractivity (Wildman–Crippen MR) is 117 cm³/mol. The van der Waals surface area contributed by atoms with Crippen molar-refractivity contribution in [3.8, 4) is 5.75 Å². The van der Waals surface area contributed by atoms with Crippen LogP contribution in [-0.2, 0) is 20.4 Å². The lowest BCUT2D eigenvalue weighted by atomic mass is 9.87. The molecule has 0 unspecified atom stereocenters. The van der Waals surface area contributed by atoms with Gasteiger partial charge in [0.2, 0.25) is 15.9 Å². The maximum Gasteiger partial charge on any atom is 0.240 e. The Morgan fingerprint density at radius 3 is 2.43 bits per heavy atom. The molecule has 0 saturated heterocycles. The molecule has 2 aromatic carbocycles. The maximum atomic E-state index is 12.6. The van der Waals surface area contributed by atoms with E-state index in [1.807, 2.05) is 26.0 Å². The van der Waals surface area contributed by atoms with Crippen molar-refractivity contribution in [1.29, 1.82) is 0 Å². The van der Waals surface area contributed by atoms with Crippen LogP contribution in [0.5, 0.6) is 5.75 Å². The Bertz CT molecular complexity index is 965. The van der Waals surface area contributed by atoms with E-state index in [0.717, 1.165) is 36.8 Å². The first-order valence-electron chi connectivity index (χ1n) is 10.5. The van der Waals surface area contributed by atoms with E-state index in [1.54, 1.807) is 12.1 Å². The van der Waals surface area contributed by atoms with Gasteiger partial charge in [0, 0.05) is 13.0 Å². The quantitative estimate of drug-likeness (QED) is 0.636. The number of ether oxygens (including phenoxy) is 1. The summed E-state index contributed by atoms with van der Waals surface area (Å²) >= 11 is 0. The van der Waals surface area contributed by atoms with Crippen LogP contribution in [0.15, 0.2) is 53.4 Å². The van der Waals surface area contributed by atoms with Crippen molar-refractivity contribution in [3.05, 3.63) is 59.7 Å². The number of hydrogen-bond acceptors (Lipinski definition) is 4. The van der Waals surface area contributed by atoms with Crippen LogP contribution in [0.4, 0.5) is 0 Å². The molecule has 6 nitrogen and oxygen atoms in total. The van der Waals surface area contributed by atoms with Gasteiger partial charge in [-0.3, -0.25) is 4.79 Å². The zero-order valence-corrected chi connectivity index (χ0v) is 18.4. The Kier molecular flexibility index (Phi) is 7.15. The molecule has 0 aliphatic heterocycles. The standard InChI is InChI=1S/C23H30N2O4S/c1-3-29-20-9-11-21(12-10-20)30(27,28)24-16-13-22(26)25-23(14-4-5-15-23)19-8-6-7-18(2)17-19/h6-12,17,24H,3-5,13-16H2,1-2H3,(H,25,26). The van der Waals surface area contributed by atoms with Gasteiger partial charge in [0.25, 0.3) is 0 Å². The molecule has 1 fully saturated rings. The number of nitrogens with one attached hydrogen (secondary N) is 2. The third-order valence-corrected chi connectivity index (χ3v) is 6.97. The molecule has 2 N–H and O–H groups in total. The molecule has 3 rings (SSSR count). The summed E-state index contributed by atoms with van der Waals surface area (Å²) < 4.78 is 32.8. The number of hydrogen-bond donors (Lipinski definition) is 2. The van der Waals surface area contributed by atoms with Gasteiger partial charge in [-0.1, -0.05) is 42.7 Å². The number of sulfonamides is 1. The van der Waals surface area contributed by atoms with Crippen LogP contribution in [0.2, 0.25) is 0 Å². The van der Waals surface area contributed by atoms with Crippen LogP contribution in [0.3, 0.4) is 0 Å². The summed E-state index contributed by atoms with van der Waals surface area (Å²) in [5, 5.41) is 3.19. The van der Waals surface area contributed by atoms with E-state index in [1.165, 1.54) is 12.1 Å². The van der Waals surface area contributed by atoms with Gasteiger partial charge >= 0.3 is 0 Å². The molecule has 0 radical (unpaired) electrons. The van der Waals surface area contributed by atoms with Crippen molar-refractivity contribution in [3.63, 3.8) is 0 Å². The summed E-state index contributed by atoms with van der Waals surface area (Å²) in [7, 11) is -3.67. The molecule has 0 atom stereocenters. The fraction of sp³-hybridized carbons (Fsp3) is 0.435. The molecule has 1 amide bonds. The van der Waals surface area contributed by atoms with E-state index >= 15 is 0 Å². The lowest BCUT2D eigenvalue weighted by molar-refractivity contribution is -0.123. The number of benzene rings is 2. The summed E-state index contributed by atoms with van der Waals surface area (Å²) in [6.45, 7) is 4.48. The van der Waals surface area contributed by atoms with Crippen molar-refractivity contribution in [1.82, 2.24) is 10.0 Å². The lowest BCUT2D eigenvalue weighted by Gasteiger charge is -2.31. The lowest BCUT2D eigenvalue weighted by Crippen LogP contribution is -2.44. The average Bonchev–Trinajstić information content (AvgIpc) is 3.18. The van der Waals surface area contributed by atoms with Gasteiger partial charge in [0.15, 0.2) is 0 Å². The van der Waals surface area contributed by atoms with Crippen molar-refractivity contribution in [2.75, 3.05) is 13.2 Å². The van der Waals surface area contributed by atoms with E-state index in [4.69, 9.17) is 4.74 Å². The largest absolute Gasteiger partial charge is 0.494 e. The minimum Gasteiger partial charge on any atom is -0.494 e. The van der Waals surface area contributed by atoms with Crippen molar-refractivity contribution >= 4 is 15.9 Å². The maximum absolute atomic E-state index is 12.6. The van der Waals surface area contributed by atoms with Gasteiger partial charge in [0.1, 0.15) is 5.75 Å². The molecule has 1 saturated carbocycles. The fourth-order valence-corrected chi connectivity index (χ4v) is 5.03. The second kappa shape index (κ2) is 9.62. The molecule has 0 aromatic heterocycles. The molecule has 0 bridgehead atoms. The van der Waals surface area contributed by atoms with E-state index < -0.39 is 10.0 Å². The van der Waals surface area contributed by atoms with Gasteiger partial charge in [-0.2, -0.15) is 0 Å². The van der Waals surface area contributed by atoms with Crippen molar-refractivity contribution in [2.45, 2.75) is 56.4 Å². The topological polar surface area (TPSA) is 84.5 Å². The van der Waals surface area contributed by atoms with Gasteiger partial charge in [-0.25, -0.2) is 13.1 Å². The fourth-order valence-electron chi connectivity index (χ4n) is 4.00. The third kappa shape index (κ3) is 5.40. The second-order valence-electron chi connectivity index (χ2n) is 7.76. The molecular formula is C23H30N2O4S. The highest BCUT2D eigenvalue weighted by Crippen LogP contribution is 2.39. The smallest absolute Gasteiger partial charge is 0.240 e. The van der Waals surface area contributed by atoms with Crippen LogP contribution < -0.4 is 14.8 Å². The van der Waals surface area contributed by atoms with Gasteiger partial charge < -0.3 is 10.1 Å². The van der Waals surface area contributed by atoms with Gasteiger partial charge in [-0.15, -0.1) is 0 Å². The van der Waals surface area contributed by atoms with Crippen LogP contribution in [0.1, 0.15) is 50.2 Å². The first kappa shape index (κ1) is 22.3. The first-order chi connectivity index (χ1) is 14.3. The monoisotopic (exact) mass is 430 g/mol. The molecule has 1 aliphatic carbocycles. The summed E-state index contributed by atoms with van der Waals surface area (Å²) in [5.41, 5.74) is 1.94. The molecule has 30 heavy (non-hydrogen) atoms. The van der Waals surface area contributed by atoms with Crippen LogP contribution in [0, 0.1) is 6.92 Å². The Labute approximate surface area is 179 Å². The van der Waals surface area contributed by atoms with Crippen LogP contribution in [0.25, 0.3) is 0 Å². The zero-order valence-electron chi connectivity index (χ0n) is 17.6. The zero-order chi connectivity index (χ0) is 21.6. The summed E-state index contributed by atoms with van der Waals surface area (Å²) in [5.74, 6) is 0.474. The molecule has 7 heteroatoms. The Morgan fingerprint density at radius 2 is 1.80 bits per heavy atom. The summed E-state index contributed by atoms with van der Waals surface area (Å²) in [6, 6.07) is 14.5. The van der Waals surface area contributed by atoms with E-state index in [9.17, 15) is 13.2 Å². The van der Waals surface area contributed by atoms with Gasteiger partial charge in [0.05, 0.1) is 17.0 Å². The Hall–Kier alpha value is -2.38. The number of amides is 1. The van der Waals surface area contributed by atoms with Crippen molar-refractivity contribution in [2.24, 2.45) is 0 Å². The highest BCUT2D eigenvalue weighted by molar-refractivity contribution is 7.89. The molecule has 162 valence electrons. The van der Waals surface area contributed by atoms with Crippen LogP contribution >= 0.6 is 0 Å². The minimum absolute atomic E-state index is 0.0469. The minimum atomic E-state index is -3.67. The van der Waals surface area contributed by atoms with E-state index in [2.05, 4.69) is 22.2 Å². The summed E-state index contributed by atoms with van der Waals surface area (Å²) in [4.78, 5) is 12.8. The number of rotatable bonds is 9. The molecule has 0 heterocycles. The van der Waals surface area contributed by atoms with E-state index in [0.29, 0.717) is 12.4 Å². The third-order valence-electron chi connectivity index (χ3n) is 5.50. The average molecular weight is 431 g/mol. The highest BCUT2D eigenvalue weighted by atomic mass is 32.2. The highest BCUT2D eigenvalue weighted by Gasteiger charge is 2.36. The van der Waals surface area contributed by atoms with E-state index in [-0.39, 0.29) is 29.3 Å². The molecule has 2 aromatic rings. The molecular weight excluding hydrogens is 400 g/mol. The SMILES string of the molecule is CCOc1ccc(S(=O)(=O)NCCC(=O)NC2(c3cccc(C)c3)CCCC2)cc1. The van der Waals surface area contributed by atoms with Gasteiger partial charge in [-0.05, 0) is 56.5 Å². The number of carbonyl (C=O) groups excluding carboxylic acids is 1. The number of carbonyl (C=O) groups is 1. The first-order valence-corrected chi connectivity index (χ1v) is 11.9.